The molecule has 1 fully saturated rings. The Morgan fingerprint density at radius 3 is 2.67 bits per heavy atom. The van der Waals surface area contributed by atoms with Gasteiger partial charge in [-0.1, -0.05) is 60.4 Å². The van der Waals surface area contributed by atoms with Crippen molar-refractivity contribution in [2.45, 2.75) is 13.3 Å². The Bertz CT molecular complexity index is 1240. The lowest BCUT2D eigenvalue weighted by Crippen LogP contribution is -2.30. The van der Waals surface area contributed by atoms with E-state index in [0.717, 1.165) is 11.1 Å². The maximum Gasteiger partial charge on any atom is 0.267 e. The van der Waals surface area contributed by atoms with Crippen molar-refractivity contribution in [3.8, 4) is 0 Å². The molecule has 6 nitrogen and oxygen atoms in total. The Balaban J connectivity index is 1.67. The van der Waals surface area contributed by atoms with Gasteiger partial charge in [0, 0.05) is 19.8 Å². The van der Waals surface area contributed by atoms with Crippen LogP contribution in [0.2, 0.25) is 0 Å². The van der Waals surface area contributed by atoms with Crippen molar-refractivity contribution in [3.05, 3.63) is 80.6 Å². The first-order valence-corrected chi connectivity index (χ1v) is 10.7. The molecule has 1 amide bonds. The molecule has 3 heterocycles. The van der Waals surface area contributed by atoms with E-state index in [1.165, 1.54) is 16.2 Å². The molecule has 0 bridgehead atoms. The summed E-state index contributed by atoms with van der Waals surface area (Å²) in [6.45, 7) is 2.40. The van der Waals surface area contributed by atoms with Gasteiger partial charge in [-0.05, 0) is 36.6 Å². The van der Waals surface area contributed by atoms with Crippen LogP contribution in [-0.4, -0.2) is 38.1 Å². The molecular weight excluding hydrogens is 416 g/mol. The van der Waals surface area contributed by atoms with Gasteiger partial charge < -0.3 is 5.32 Å². The summed E-state index contributed by atoms with van der Waals surface area (Å²) in [4.78, 5) is 32.7. The summed E-state index contributed by atoms with van der Waals surface area (Å²) in [6.07, 6.45) is 3.99. The van der Waals surface area contributed by atoms with Gasteiger partial charge in [0.25, 0.3) is 11.5 Å². The van der Waals surface area contributed by atoms with Gasteiger partial charge in [-0.2, -0.15) is 0 Å². The van der Waals surface area contributed by atoms with Crippen molar-refractivity contribution in [3.63, 3.8) is 0 Å². The zero-order valence-electron chi connectivity index (χ0n) is 16.6. The third-order valence-corrected chi connectivity index (χ3v) is 6.31. The molecule has 0 aliphatic carbocycles. The Labute approximate surface area is 183 Å². The first-order chi connectivity index (χ1) is 14.5. The monoisotopic (exact) mass is 436 g/mol. The predicted octanol–water partition coefficient (Wildman–Crippen LogP) is 3.49. The molecule has 0 unspecified atom stereocenters. The van der Waals surface area contributed by atoms with Crippen molar-refractivity contribution in [1.82, 2.24) is 14.3 Å². The maximum atomic E-state index is 13.1. The van der Waals surface area contributed by atoms with E-state index in [0.29, 0.717) is 39.2 Å². The first-order valence-electron chi connectivity index (χ1n) is 9.48. The highest BCUT2D eigenvalue weighted by molar-refractivity contribution is 8.26. The number of fused-ring (bicyclic) bond motifs is 1. The number of carbonyl (C=O) groups excluding carboxylic acids is 1. The Morgan fingerprint density at radius 2 is 1.93 bits per heavy atom. The van der Waals surface area contributed by atoms with E-state index in [1.54, 1.807) is 30.3 Å². The van der Waals surface area contributed by atoms with Gasteiger partial charge in [-0.15, -0.1) is 0 Å². The zero-order valence-corrected chi connectivity index (χ0v) is 18.2. The summed E-state index contributed by atoms with van der Waals surface area (Å²) in [6, 6.07) is 13.7. The lowest BCUT2D eigenvalue weighted by atomic mass is 10.1. The number of hydrogen-bond donors (Lipinski definition) is 1. The number of nitrogens with zero attached hydrogens (tertiary/aromatic N) is 3. The highest BCUT2D eigenvalue weighted by Crippen LogP contribution is 2.33. The number of aryl methyl sites for hydroxylation is 1. The number of rotatable bonds is 5. The Hall–Kier alpha value is -2.97. The van der Waals surface area contributed by atoms with E-state index in [1.807, 2.05) is 43.3 Å². The number of nitrogens with one attached hydrogen (secondary N) is 1. The van der Waals surface area contributed by atoms with Crippen molar-refractivity contribution in [2.24, 2.45) is 0 Å². The standard InChI is InChI=1S/C22H20N4O2S2/c1-14-7-6-11-25-19(14)24-18(23-2)16(20(25)27)13-17-21(28)26(22(29)30-17)12-10-15-8-4-3-5-9-15/h3-9,11,13,23H,10,12H2,1-2H3/b17-13-. The van der Waals surface area contributed by atoms with Crippen molar-refractivity contribution < 1.29 is 4.79 Å². The molecular formula is C22H20N4O2S2. The molecule has 152 valence electrons. The SMILES string of the molecule is CNc1nc2c(C)cccn2c(=O)c1/C=C1\SC(=S)N(CCc2ccccc2)C1=O. The molecule has 0 radical (unpaired) electrons. The number of carbonyl (C=O) groups is 1. The normalized spacial score (nSPS) is 15.4. The minimum absolute atomic E-state index is 0.184. The molecule has 4 rings (SSSR count). The van der Waals surface area contributed by atoms with Crippen LogP contribution in [0.5, 0.6) is 0 Å². The van der Waals surface area contributed by atoms with E-state index in [-0.39, 0.29) is 11.5 Å². The van der Waals surface area contributed by atoms with Gasteiger partial charge in [0.05, 0.1) is 10.5 Å². The second-order valence-corrected chi connectivity index (χ2v) is 8.56. The van der Waals surface area contributed by atoms with Crippen molar-refractivity contribution >= 4 is 51.7 Å². The molecule has 3 aromatic rings. The van der Waals surface area contributed by atoms with Gasteiger partial charge in [0.2, 0.25) is 0 Å². The van der Waals surface area contributed by atoms with E-state index >= 15 is 0 Å². The van der Waals surface area contributed by atoms with E-state index < -0.39 is 0 Å². The predicted molar refractivity (Wildman–Crippen MR) is 126 cm³/mol. The number of thioether (sulfide) groups is 1. The second kappa shape index (κ2) is 8.41. The van der Waals surface area contributed by atoms with Gasteiger partial charge in [-0.25, -0.2) is 4.98 Å². The number of thiocarbonyl (C=S) groups is 1. The van der Waals surface area contributed by atoms with Crippen LogP contribution in [0.15, 0.2) is 58.4 Å². The lowest BCUT2D eigenvalue weighted by Gasteiger charge is -2.14. The Morgan fingerprint density at radius 1 is 1.17 bits per heavy atom. The molecule has 1 N–H and O–H groups in total. The number of anilines is 1. The molecule has 1 saturated heterocycles. The molecule has 1 aromatic carbocycles. The van der Waals surface area contributed by atoms with Crippen LogP contribution in [0.3, 0.4) is 0 Å². The number of benzene rings is 1. The van der Waals surface area contributed by atoms with E-state index in [4.69, 9.17) is 12.2 Å². The van der Waals surface area contributed by atoms with Gasteiger partial charge >= 0.3 is 0 Å². The average molecular weight is 437 g/mol. The fourth-order valence-electron chi connectivity index (χ4n) is 3.34. The number of hydrogen-bond acceptors (Lipinski definition) is 6. The fourth-order valence-corrected chi connectivity index (χ4v) is 4.63. The van der Waals surface area contributed by atoms with E-state index in [2.05, 4.69) is 10.3 Å². The van der Waals surface area contributed by atoms with Crippen LogP contribution < -0.4 is 10.9 Å². The third kappa shape index (κ3) is 3.76. The summed E-state index contributed by atoms with van der Waals surface area (Å²) >= 11 is 6.64. The molecule has 0 saturated carbocycles. The minimum Gasteiger partial charge on any atom is -0.372 e. The lowest BCUT2D eigenvalue weighted by molar-refractivity contribution is -0.122. The summed E-state index contributed by atoms with van der Waals surface area (Å²) in [5.74, 6) is 0.251. The van der Waals surface area contributed by atoms with Gasteiger partial charge in [0.1, 0.15) is 15.8 Å². The molecule has 1 aliphatic rings. The second-order valence-electron chi connectivity index (χ2n) is 6.88. The van der Waals surface area contributed by atoms with Crippen molar-refractivity contribution in [2.75, 3.05) is 18.9 Å². The number of aromatic nitrogens is 2. The molecule has 0 atom stereocenters. The molecule has 0 spiro atoms. The van der Waals surface area contributed by atoms with E-state index in [9.17, 15) is 9.59 Å². The molecule has 8 heteroatoms. The fraction of sp³-hybridized carbons (Fsp3) is 0.182. The maximum absolute atomic E-state index is 13.1. The van der Waals surface area contributed by atoms with Crippen LogP contribution in [0.1, 0.15) is 16.7 Å². The minimum atomic E-state index is -0.234. The Kier molecular flexibility index (Phi) is 5.69. The topological polar surface area (TPSA) is 66.7 Å². The van der Waals surface area contributed by atoms with Crippen LogP contribution in [0.4, 0.5) is 5.82 Å². The highest BCUT2D eigenvalue weighted by Gasteiger charge is 2.32. The third-order valence-electron chi connectivity index (χ3n) is 4.94. The smallest absolute Gasteiger partial charge is 0.267 e. The van der Waals surface area contributed by atoms with Crippen molar-refractivity contribution in [1.29, 1.82) is 0 Å². The van der Waals surface area contributed by atoms with Gasteiger partial charge in [0.15, 0.2) is 0 Å². The average Bonchev–Trinajstić information content (AvgIpc) is 3.02. The summed E-state index contributed by atoms with van der Waals surface area (Å²) in [5.41, 5.74) is 2.72. The zero-order chi connectivity index (χ0) is 21.3. The van der Waals surface area contributed by atoms with Crippen LogP contribution in [-0.2, 0) is 11.2 Å². The highest BCUT2D eigenvalue weighted by atomic mass is 32.2. The molecule has 2 aromatic heterocycles. The number of amides is 1. The largest absolute Gasteiger partial charge is 0.372 e. The van der Waals surface area contributed by atoms with Crippen LogP contribution >= 0.6 is 24.0 Å². The van der Waals surface area contributed by atoms with Crippen LogP contribution in [0, 0.1) is 6.92 Å². The van der Waals surface area contributed by atoms with Gasteiger partial charge in [-0.3, -0.25) is 18.9 Å². The first kappa shape index (κ1) is 20.3. The number of pyridine rings is 1. The molecule has 1 aliphatic heterocycles. The summed E-state index contributed by atoms with van der Waals surface area (Å²) in [7, 11) is 1.71. The molecule has 30 heavy (non-hydrogen) atoms. The van der Waals surface area contributed by atoms with Crippen LogP contribution in [0.25, 0.3) is 11.7 Å². The quantitative estimate of drug-likeness (QED) is 0.488. The summed E-state index contributed by atoms with van der Waals surface area (Å²) < 4.78 is 2.00. The summed E-state index contributed by atoms with van der Waals surface area (Å²) in [5, 5.41) is 2.98.